The van der Waals surface area contributed by atoms with E-state index in [1.54, 1.807) is 7.11 Å². The number of nitrogens with zero attached hydrogens (tertiary/aromatic N) is 1. The zero-order valence-corrected chi connectivity index (χ0v) is 14.8. The van der Waals surface area contributed by atoms with Crippen molar-refractivity contribution >= 4 is 11.6 Å². The average molecular weight is 340 g/mol. The molecule has 0 unspecified atom stereocenters. The Morgan fingerprint density at radius 2 is 2.13 bits per heavy atom. The monoisotopic (exact) mass is 339 g/mol. The van der Waals surface area contributed by atoms with Crippen LogP contribution in [0.4, 0.5) is 0 Å². The number of rotatable bonds is 7. The molecule has 2 aliphatic rings. The van der Waals surface area contributed by atoms with Crippen LogP contribution >= 0.6 is 11.6 Å². The number of benzene rings is 1. The van der Waals surface area contributed by atoms with Crippen molar-refractivity contribution < 1.29 is 14.2 Å². The van der Waals surface area contributed by atoms with E-state index in [1.165, 1.54) is 12.0 Å². The molecule has 0 saturated carbocycles. The van der Waals surface area contributed by atoms with Crippen molar-refractivity contribution in [3.63, 3.8) is 0 Å². The molecule has 23 heavy (non-hydrogen) atoms. The summed E-state index contributed by atoms with van der Waals surface area (Å²) < 4.78 is 16.7. The first kappa shape index (κ1) is 16.9. The molecule has 0 bridgehead atoms. The van der Waals surface area contributed by atoms with Crippen LogP contribution in [-0.4, -0.2) is 44.9 Å². The molecule has 5 heteroatoms. The van der Waals surface area contributed by atoms with Gasteiger partial charge in [-0.25, -0.2) is 0 Å². The molecule has 3 rings (SSSR count). The second-order valence-corrected chi connectivity index (χ2v) is 6.94. The Morgan fingerprint density at radius 1 is 1.30 bits per heavy atom. The fourth-order valence-corrected chi connectivity index (χ4v) is 3.72. The summed E-state index contributed by atoms with van der Waals surface area (Å²) >= 11 is 6.39. The zero-order valence-electron chi connectivity index (χ0n) is 14.0. The first-order valence-electron chi connectivity index (χ1n) is 8.50. The summed E-state index contributed by atoms with van der Waals surface area (Å²) in [5, 5.41) is 0.633. The van der Waals surface area contributed by atoms with E-state index in [0.717, 1.165) is 56.9 Å². The van der Waals surface area contributed by atoms with Crippen LogP contribution in [0.2, 0.25) is 5.02 Å². The van der Waals surface area contributed by atoms with Gasteiger partial charge in [0, 0.05) is 32.8 Å². The Morgan fingerprint density at radius 3 is 2.78 bits per heavy atom. The SMILES string of the molecule is CCCOc1c(Cl)cc(CN2CC([C@@H]3CCOC3)C2)cc1OC. The minimum absolute atomic E-state index is 0.633. The lowest BCUT2D eigenvalue weighted by molar-refractivity contribution is 0.0443. The van der Waals surface area contributed by atoms with Crippen LogP contribution in [0.3, 0.4) is 0 Å². The molecule has 1 aromatic rings. The maximum Gasteiger partial charge on any atom is 0.179 e. The second kappa shape index (κ2) is 7.73. The minimum atomic E-state index is 0.633. The van der Waals surface area contributed by atoms with Gasteiger partial charge in [0.2, 0.25) is 0 Å². The van der Waals surface area contributed by atoms with Gasteiger partial charge in [0.15, 0.2) is 11.5 Å². The van der Waals surface area contributed by atoms with Gasteiger partial charge in [-0.3, -0.25) is 4.90 Å². The predicted molar refractivity (Wildman–Crippen MR) is 91.5 cm³/mol. The lowest BCUT2D eigenvalue weighted by Crippen LogP contribution is -2.49. The topological polar surface area (TPSA) is 30.9 Å². The van der Waals surface area contributed by atoms with Crippen molar-refractivity contribution in [3.8, 4) is 11.5 Å². The van der Waals surface area contributed by atoms with Gasteiger partial charge in [0.1, 0.15) is 0 Å². The van der Waals surface area contributed by atoms with Crippen LogP contribution in [0.5, 0.6) is 11.5 Å². The molecule has 4 nitrogen and oxygen atoms in total. The fraction of sp³-hybridized carbons (Fsp3) is 0.667. The van der Waals surface area contributed by atoms with Crippen LogP contribution in [-0.2, 0) is 11.3 Å². The highest BCUT2D eigenvalue weighted by atomic mass is 35.5. The normalized spacial score (nSPS) is 22.1. The van der Waals surface area contributed by atoms with E-state index in [0.29, 0.717) is 17.4 Å². The molecule has 0 spiro atoms. The Bertz CT molecular complexity index is 525. The van der Waals surface area contributed by atoms with E-state index in [9.17, 15) is 0 Å². The van der Waals surface area contributed by atoms with Crippen LogP contribution in [0.1, 0.15) is 25.3 Å². The first-order valence-corrected chi connectivity index (χ1v) is 8.88. The molecule has 0 aliphatic carbocycles. The highest BCUT2D eigenvalue weighted by molar-refractivity contribution is 6.32. The maximum absolute atomic E-state index is 6.39. The lowest BCUT2D eigenvalue weighted by atomic mass is 9.85. The molecule has 0 aromatic heterocycles. The van der Waals surface area contributed by atoms with Crippen molar-refractivity contribution in [1.29, 1.82) is 0 Å². The van der Waals surface area contributed by atoms with Crippen molar-refractivity contribution in [2.24, 2.45) is 11.8 Å². The Balaban J connectivity index is 1.59. The van der Waals surface area contributed by atoms with E-state index >= 15 is 0 Å². The Labute approximate surface area is 143 Å². The number of methoxy groups -OCH3 is 1. The molecular weight excluding hydrogens is 314 g/mol. The highest BCUT2D eigenvalue weighted by Gasteiger charge is 2.35. The summed E-state index contributed by atoms with van der Waals surface area (Å²) in [4.78, 5) is 2.46. The van der Waals surface area contributed by atoms with Crippen LogP contribution in [0.25, 0.3) is 0 Å². The lowest BCUT2D eigenvalue weighted by Gasteiger charge is -2.42. The maximum atomic E-state index is 6.39. The molecule has 0 N–H and O–H groups in total. The third-order valence-electron chi connectivity index (χ3n) is 4.76. The van der Waals surface area contributed by atoms with Gasteiger partial charge in [0.05, 0.1) is 18.7 Å². The van der Waals surface area contributed by atoms with Gasteiger partial charge >= 0.3 is 0 Å². The van der Waals surface area contributed by atoms with E-state index in [4.69, 9.17) is 25.8 Å². The number of hydrogen-bond donors (Lipinski definition) is 0. The highest BCUT2D eigenvalue weighted by Crippen LogP contribution is 2.38. The quantitative estimate of drug-likeness (QED) is 0.759. The summed E-state index contributed by atoms with van der Waals surface area (Å²) in [6, 6.07) is 4.05. The van der Waals surface area contributed by atoms with Gasteiger partial charge in [0.25, 0.3) is 0 Å². The number of likely N-dealkylation sites (tertiary alicyclic amines) is 1. The van der Waals surface area contributed by atoms with Crippen LogP contribution in [0, 0.1) is 11.8 Å². The first-order chi connectivity index (χ1) is 11.2. The molecule has 2 saturated heterocycles. The second-order valence-electron chi connectivity index (χ2n) is 6.54. The average Bonchev–Trinajstić information content (AvgIpc) is 3.02. The van der Waals surface area contributed by atoms with Gasteiger partial charge in [-0.05, 0) is 42.4 Å². The molecule has 1 atom stereocenters. The fourth-order valence-electron chi connectivity index (χ4n) is 3.43. The van der Waals surface area contributed by atoms with E-state index in [2.05, 4.69) is 11.8 Å². The summed E-state index contributed by atoms with van der Waals surface area (Å²) in [5.74, 6) is 2.93. The molecule has 0 amide bonds. The molecule has 0 radical (unpaired) electrons. The van der Waals surface area contributed by atoms with Gasteiger partial charge < -0.3 is 14.2 Å². The predicted octanol–water partition coefficient (Wildman–Crippen LogP) is 3.61. The summed E-state index contributed by atoms with van der Waals surface area (Å²) in [7, 11) is 1.66. The summed E-state index contributed by atoms with van der Waals surface area (Å²) in [6.45, 7) is 7.82. The Hall–Kier alpha value is -0.970. The largest absolute Gasteiger partial charge is 0.493 e. The van der Waals surface area contributed by atoms with Gasteiger partial charge in [-0.1, -0.05) is 18.5 Å². The molecule has 1 aromatic carbocycles. The number of hydrogen-bond acceptors (Lipinski definition) is 4. The van der Waals surface area contributed by atoms with E-state index < -0.39 is 0 Å². The third-order valence-corrected chi connectivity index (χ3v) is 5.04. The summed E-state index contributed by atoms with van der Waals surface area (Å²) in [6.07, 6.45) is 2.17. The number of ether oxygens (including phenoxy) is 3. The van der Waals surface area contributed by atoms with Crippen molar-refractivity contribution in [2.75, 3.05) is 40.0 Å². The van der Waals surface area contributed by atoms with Crippen molar-refractivity contribution in [2.45, 2.75) is 26.3 Å². The Kier molecular flexibility index (Phi) is 5.67. The standard InChI is InChI=1S/C18H26ClNO3/c1-3-5-23-18-16(19)7-13(8-17(18)21-2)9-20-10-15(11-20)14-4-6-22-12-14/h7-8,14-15H,3-6,9-12H2,1-2H3/t14-/m1/s1. The molecule has 2 heterocycles. The molecule has 128 valence electrons. The minimum Gasteiger partial charge on any atom is -0.493 e. The third kappa shape index (κ3) is 3.93. The van der Waals surface area contributed by atoms with Crippen molar-refractivity contribution in [1.82, 2.24) is 4.90 Å². The molecular formula is C18H26ClNO3. The van der Waals surface area contributed by atoms with E-state index in [1.807, 2.05) is 12.1 Å². The zero-order chi connectivity index (χ0) is 16.2. The van der Waals surface area contributed by atoms with Crippen LogP contribution < -0.4 is 9.47 Å². The van der Waals surface area contributed by atoms with Crippen molar-refractivity contribution in [3.05, 3.63) is 22.7 Å². The van der Waals surface area contributed by atoms with E-state index in [-0.39, 0.29) is 0 Å². The van der Waals surface area contributed by atoms with Gasteiger partial charge in [-0.2, -0.15) is 0 Å². The number of halogens is 1. The smallest absolute Gasteiger partial charge is 0.179 e. The van der Waals surface area contributed by atoms with Gasteiger partial charge in [-0.15, -0.1) is 0 Å². The molecule has 2 aliphatic heterocycles. The summed E-state index contributed by atoms with van der Waals surface area (Å²) in [5.41, 5.74) is 1.18. The van der Waals surface area contributed by atoms with Crippen LogP contribution in [0.15, 0.2) is 12.1 Å². The molecule has 2 fully saturated rings.